The molecule has 1 N–H and O–H groups in total. The number of hydrogen-bond acceptors (Lipinski definition) is 4. The van der Waals surface area contributed by atoms with Crippen molar-refractivity contribution in [1.29, 1.82) is 0 Å². The van der Waals surface area contributed by atoms with Crippen LogP contribution >= 0.6 is 11.3 Å². The maximum absolute atomic E-state index is 12.6. The second-order valence-electron chi connectivity index (χ2n) is 4.81. The molecule has 0 radical (unpaired) electrons. The van der Waals surface area contributed by atoms with Crippen LogP contribution in [0.2, 0.25) is 0 Å². The van der Waals surface area contributed by atoms with Crippen molar-refractivity contribution in [1.82, 2.24) is 9.88 Å². The third-order valence-electron chi connectivity index (χ3n) is 3.46. The summed E-state index contributed by atoms with van der Waals surface area (Å²) in [5.74, 6) is 0.843. The third-order valence-corrected chi connectivity index (χ3v) is 4.48. The van der Waals surface area contributed by atoms with Gasteiger partial charge in [-0.05, 0) is 42.5 Å². The Bertz CT molecular complexity index is 623. The van der Waals surface area contributed by atoms with E-state index in [2.05, 4.69) is 21.7 Å². The monoisotopic (exact) mass is 287 g/mol. The van der Waals surface area contributed by atoms with Crippen LogP contribution in [0.15, 0.2) is 29.8 Å². The van der Waals surface area contributed by atoms with E-state index in [1.165, 1.54) is 10.4 Å². The number of fused-ring (bicyclic) bond motifs is 1. The van der Waals surface area contributed by atoms with Crippen molar-refractivity contribution < 1.29 is 4.79 Å². The fourth-order valence-electron chi connectivity index (χ4n) is 2.45. The van der Waals surface area contributed by atoms with Crippen molar-refractivity contribution >= 4 is 23.1 Å². The molecule has 0 aliphatic carbocycles. The van der Waals surface area contributed by atoms with E-state index in [9.17, 15) is 4.79 Å². The Morgan fingerprint density at radius 1 is 1.50 bits per heavy atom. The zero-order valence-electron chi connectivity index (χ0n) is 11.4. The van der Waals surface area contributed by atoms with Crippen LogP contribution in [0.4, 0.5) is 5.82 Å². The zero-order valence-corrected chi connectivity index (χ0v) is 12.2. The molecule has 5 heteroatoms. The van der Waals surface area contributed by atoms with Gasteiger partial charge in [0.25, 0.3) is 5.91 Å². The molecular weight excluding hydrogens is 270 g/mol. The van der Waals surface area contributed by atoms with Gasteiger partial charge in [-0.1, -0.05) is 0 Å². The van der Waals surface area contributed by atoms with Gasteiger partial charge in [0, 0.05) is 36.3 Å². The maximum atomic E-state index is 12.6. The molecule has 1 aliphatic rings. The fourth-order valence-corrected chi connectivity index (χ4v) is 3.34. The zero-order chi connectivity index (χ0) is 13.9. The van der Waals surface area contributed by atoms with Gasteiger partial charge in [0.05, 0.1) is 0 Å². The minimum absolute atomic E-state index is 0.0865. The lowest BCUT2D eigenvalue weighted by Gasteiger charge is -2.27. The lowest BCUT2D eigenvalue weighted by atomic mass is 10.1. The topological polar surface area (TPSA) is 45.2 Å². The van der Waals surface area contributed by atoms with Gasteiger partial charge in [-0.2, -0.15) is 0 Å². The first-order chi connectivity index (χ1) is 9.78. The van der Waals surface area contributed by atoms with Gasteiger partial charge in [0.2, 0.25) is 0 Å². The highest BCUT2D eigenvalue weighted by molar-refractivity contribution is 7.10. The molecule has 2 aromatic rings. The first-order valence-corrected chi connectivity index (χ1v) is 7.70. The summed E-state index contributed by atoms with van der Waals surface area (Å²) < 4.78 is 0. The number of carbonyl (C=O) groups excluding carboxylic acids is 1. The SMILES string of the molecule is CCNc1cc(C(=O)N2CCc3sccc3C2)ccn1. The van der Waals surface area contributed by atoms with Crippen LogP contribution in [0, 0.1) is 0 Å². The highest BCUT2D eigenvalue weighted by Crippen LogP contribution is 2.25. The number of pyridine rings is 1. The molecule has 0 bridgehead atoms. The van der Waals surface area contributed by atoms with Gasteiger partial charge >= 0.3 is 0 Å². The average Bonchev–Trinajstić information content (AvgIpc) is 2.94. The maximum Gasteiger partial charge on any atom is 0.254 e. The quantitative estimate of drug-likeness (QED) is 0.944. The Hall–Kier alpha value is -1.88. The minimum atomic E-state index is 0.0865. The number of hydrogen-bond donors (Lipinski definition) is 1. The number of anilines is 1. The lowest BCUT2D eigenvalue weighted by Crippen LogP contribution is -2.35. The highest BCUT2D eigenvalue weighted by atomic mass is 32.1. The van der Waals surface area contributed by atoms with Crippen LogP contribution in [0.3, 0.4) is 0 Å². The summed E-state index contributed by atoms with van der Waals surface area (Å²) in [7, 11) is 0. The summed E-state index contributed by atoms with van der Waals surface area (Å²) in [6.45, 7) is 4.33. The molecule has 0 atom stereocenters. The number of amides is 1. The van der Waals surface area contributed by atoms with Crippen molar-refractivity contribution in [3.05, 3.63) is 45.8 Å². The Balaban J connectivity index is 1.78. The van der Waals surface area contributed by atoms with E-state index in [1.807, 2.05) is 17.9 Å². The second kappa shape index (κ2) is 5.63. The van der Waals surface area contributed by atoms with Crippen molar-refractivity contribution in [2.24, 2.45) is 0 Å². The molecule has 0 aromatic carbocycles. The molecule has 4 nitrogen and oxygen atoms in total. The van der Waals surface area contributed by atoms with E-state index in [0.717, 1.165) is 31.9 Å². The molecule has 0 fully saturated rings. The van der Waals surface area contributed by atoms with Gasteiger partial charge in [-0.25, -0.2) is 4.98 Å². The van der Waals surface area contributed by atoms with E-state index in [1.54, 1.807) is 23.6 Å². The minimum Gasteiger partial charge on any atom is -0.370 e. The van der Waals surface area contributed by atoms with Crippen molar-refractivity contribution in [3.63, 3.8) is 0 Å². The Morgan fingerprint density at radius 2 is 2.40 bits per heavy atom. The summed E-state index contributed by atoms with van der Waals surface area (Å²) in [5.41, 5.74) is 1.99. The smallest absolute Gasteiger partial charge is 0.254 e. The first-order valence-electron chi connectivity index (χ1n) is 6.82. The molecule has 0 spiro atoms. The normalized spacial score (nSPS) is 13.9. The van der Waals surface area contributed by atoms with Gasteiger partial charge in [0.1, 0.15) is 5.82 Å². The molecule has 0 saturated heterocycles. The predicted molar refractivity (Wildman–Crippen MR) is 81.2 cm³/mol. The van der Waals surface area contributed by atoms with Gasteiger partial charge < -0.3 is 10.2 Å². The molecule has 3 rings (SSSR count). The van der Waals surface area contributed by atoms with Crippen LogP contribution in [0.1, 0.15) is 27.7 Å². The number of carbonyl (C=O) groups is 1. The van der Waals surface area contributed by atoms with Crippen LogP contribution in [0.5, 0.6) is 0 Å². The molecule has 2 aromatic heterocycles. The fraction of sp³-hybridized carbons (Fsp3) is 0.333. The van der Waals surface area contributed by atoms with E-state index >= 15 is 0 Å². The Labute approximate surface area is 122 Å². The summed E-state index contributed by atoms with van der Waals surface area (Å²) in [6.07, 6.45) is 2.65. The lowest BCUT2D eigenvalue weighted by molar-refractivity contribution is 0.0736. The standard InChI is InChI=1S/C15H17N3OS/c1-2-16-14-9-11(3-6-17-14)15(19)18-7-4-13-12(10-18)5-8-20-13/h3,5-6,8-9H,2,4,7,10H2,1H3,(H,16,17). The summed E-state index contributed by atoms with van der Waals surface area (Å²) >= 11 is 1.79. The van der Waals surface area contributed by atoms with Crippen molar-refractivity contribution in [2.75, 3.05) is 18.4 Å². The second-order valence-corrected chi connectivity index (χ2v) is 5.81. The summed E-state index contributed by atoms with van der Waals surface area (Å²) in [6, 6.07) is 5.73. The summed E-state index contributed by atoms with van der Waals surface area (Å²) in [4.78, 5) is 20.1. The molecular formula is C15H17N3OS. The molecule has 1 amide bonds. The predicted octanol–water partition coefficient (Wildman–Crippen LogP) is 2.77. The van der Waals surface area contributed by atoms with E-state index in [-0.39, 0.29) is 5.91 Å². The van der Waals surface area contributed by atoms with Crippen LogP contribution in [-0.4, -0.2) is 28.9 Å². The van der Waals surface area contributed by atoms with Crippen molar-refractivity contribution in [3.8, 4) is 0 Å². The largest absolute Gasteiger partial charge is 0.370 e. The van der Waals surface area contributed by atoms with Gasteiger partial charge in [0.15, 0.2) is 0 Å². The molecule has 0 saturated carbocycles. The molecule has 104 valence electrons. The Morgan fingerprint density at radius 3 is 3.25 bits per heavy atom. The number of nitrogens with zero attached hydrogens (tertiary/aromatic N) is 2. The molecule has 3 heterocycles. The Kier molecular flexibility index (Phi) is 3.69. The summed E-state index contributed by atoms with van der Waals surface area (Å²) in [5, 5.41) is 5.24. The first kappa shape index (κ1) is 13.1. The van der Waals surface area contributed by atoms with Crippen molar-refractivity contribution in [2.45, 2.75) is 19.9 Å². The van der Waals surface area contributed by atoms with Gasteiger partial charge in [-0.3, -0.25) is 4.79 Å². The number of thiophene rings is 1. The van der Waals surface area contributed by atoms with E-state index in [0.29, 0.717) is 5.56 Å². The molecule has 1 aliphatic heterocycles. The van der Waals surface area contributed by atoms with E-state index < -0.39 is 0 Å². The van der Waals surface area contributed by atoms with Gasteiger partial charge in [-0.15, -0.1) is 11.3 Å². The average molecular weight is 287 g/mol. The third kappa shape index (κ3) is 2.54. The van der Waals surface area contributed by atoms with Crippen LogP contribution in [-0.2, 0) is 13.0 Å². The number of rotatable bonds is 3. The molecule has 0 unspecified atom stereocenters. The highest BCUT2D eigenvalue weighted by Gasteiger charge is 2.22. The van der Waals surface area contributed by atoms with E-state index in [4.69, 9.17) is 0 Å². The van der Waals surface area contributed by atoms with Crippen LogP contribution < -0.4 is 5.32 Å². The number of aromatic nitrogens is 1. The number of nitrogens with one attached hydrogen (secondary N) is 1. The molecule has 20 heavy (non-hydrogen) atoms. The van der Waals surface area contributed by atoms with Crippen LogP contribution in [0.25, 0.3) is 0 Å².